The number of carbonyl (C=O) groups is 2. The number of anilines is 1. The molecule has 0 saturated carbocycles. The average Bonchev–Trinajstić information content (AvgIpc) is 2.55. The van der Waals surface area contributed by atoms with Crippen LogP contribution in [0.25, 0.3) is 0 Å². The highest BCUT2D eigenvalue weighted by atomic mass is 16.6. The number of benzene rings is 2. The Bertz CT molecular complexity index is 730. The minimum Gasteiger partial charge on any atom is -0.449 e. The van der Waals surface area contributed by atoms with Crippen LogP contribution < -0.4 is 5.32 Å². The molecule has 2 aromatic carbocycles. The van der Waals surface area contributed by atoms with E-state index < -0.39 is 22.9 Å². The molecule has 2 rings (SSSR count). The van der Waals surface area contributed by atoms with Crippen molar-refractivity contribution in [2.45, 2.75) is 13.0 Å². The molecular weight excluding hydrogens is 300 g/mol. The van der Waals surface area contributed by atoms with E-state index in [0.717, 1.165) is 0 Å². The van der Waals surface area contributed by atoms with E-state index in [1.165, 1.54) is 31.2 Å². The molecule has 0 fully saturated rings. The Kier molecular flexibility index (Phi) is 5.03. The van der Waals surface area contributed by atoms with Gasteiger partial charge in [-0.3, -0.25) is 14.9 Å². The number of para-hydroxylation sites is 2. The summed E-state index contributed by atoms with van der Waals surface area (Å²) in [6, 6.07) is 14.1. The van der Waals surface area contributed by atoms with Crippen molar-refractivity contribution in [2.24, 2.45) is 0 Å². The number of hydrogen-bond acceptors (Lipinski definition) is 5. The lowest BCUT2D eigenvalue weighted by atomic mass is 10.2. The summed E-state index contributed by atoms with van der Waals surface area (Å²) in [4.78, 5) is 34.2. The zero-order valence-corrected chi connectivity index (χ0v) is 12.3. The molecule has 0 aromatic heterocycles. The van der Waals surface area contributed by atoms with Gasteiger partial charge in [-0.25, -0.2) is 4.79 Å². The largest absolute Gasteiger partial charge is 0.449 e. The van der Waals surface area contributed by atoms with Gasteiger partial charge in [0.05, 0.1) is 4.92 Å². The first-order chi connectivity index (χ1) is 11.0. The number of nitrogens with one attached hydrogen (secondary N) is 1. The fourth-order valence-electron chi connectivity index (χ4n) is 1.85. The number of rotatable bonds is 5. The van der Waals surface area contributed by atoms with Crippen molar-refractivity contribution in [1.29, 1.82) is 0 Å². The van der Waals surface area contributed by atoms with Crippen LogP contribution in [0.2, 0.25) is 0 Å². The second-order valence-electron chi connectivity index (χ2n) is 4.68. The Labute approximate surface area is 132 Å². The quantitative estimate of drug-likeness (QED) is 0.520. The van der Waals surface area contributed by atoms with Crippen LogP contribution in [0.1, 0.15) is 17.3 Å². The highest BCUT2D eigenvalue weighted by Crippen LogP contribution is 2.19. The normalized spacial score (nSPS) is 11.3. The van der Waals surface area contributed by atoms with Gasteiger partial charge in [0.15, 0.2) is 6.10 Å². The molecule has 1 N–H and O–H groups in total. The standard InChI is InChI=1S/C16H14N2O5/c1-11(15(19)17-12-7-3-2-4-8-12)23-16(20)13-9-5-6-10-14(13)18(21)22/h2-11H,1H3,(H,17,19). The van der Waals surface area contributed by atoms with Gasteiger partial charge in [-0.1, -0.05) is 30.3 Å². The molecule has 0 radical (unpaired) electrons. The van der Waals surface area contributed by atoms with E-state index in [4.69, 9.17) is 4.74 Å². The summed E-state index contributed by atoms with van der Waals surface area (Å²) < 4.78 is 5.01. The van der Waals surface area contributed by atoms with Gasteiger partial charge in [0.2, 0.25) is 0 Å². The number of nitro benzene ring substituents is 1. The Balaban J connectivity index is 2.05. The Morgan fingerprint density at radius 3 is 2.35 bits per heavy atom. The molecule has 2 aromatic rings. The van der Waals surface area contributed by atoms with Crippen LogP contribution in [-0.4, -0.2) is 22.9 Å². The summed E-state index contributed by atoms with van der Waals surface area (Å²) in [5, 5.41) is 13.5. The number of ether oxygens (including phenoxy) is 1. The Morgan fingerprint density at radius 2 is 1.70 bits per heavy atom. The monoisotopic (exact) mass is 314 g/mol. The number of nitro groups is 1. The first-order valence-electron chi connectivity index (χ1n) is 6.79. The molecule has 7 heteroatoms. The van der Waals surface area contributed by atoms with Crippen LogP contribution >= 0.6 is 0 Å². The topological polar surface area (TPSA) is 98.5 Å². The predicted molar refractivity (Wildman–Crippen MR) is 83.0 cm³/mol. The molecule has 118 valence electrons. The number of hydrogen-bond donors (Lipinski definition) is 1. The Hall–Kier alpha value is -3.22. The van der Waals surface area contributed by atoms with Gasteiger partial charge in [0.1, 0.15) is 5.56 Å². The molecule has 23 heavy (non-hydrogen) atoms. The summed E-state index contributed by atoms with van der Waals surface area (Å²) in [6.07, 6.45) is -1.09. The third kappa shape index (κ3) is 4.13. The summed E-state index contributed by atoms with van der Waals surface area (Å²) >= 11 is 0. The van der Waals surface area contributed by atoms with Crippen molar-refractivity contribution in [3.05, 3.63) is 70.3 Å². The SMILES string of the molecule is CC(OC(=O)c1ccccc1[N+](=O)[O-])C(=O)Nc1ccccc1. The summed E-state index contributed by atoms with van der Waals surface area (Å²) in [5.41, 5.74) is -0.00359. The van der Waals surface area contributed by atoms with Crippen LogP contribution in [0.5, 0.6) is 0 Å². The highest BCUT2D eigenvalue weighted by Gasteiger charge is 2.24. The number of carbonyl (C=O) groups excluding carboxylic acids is 2. The van der Waals surface area contributed by atoms with E-state index in [0.29, 0.717) is 5.69 Å². The molecule has 0 bridgehead atoms. The van der Waals surface area contributed by atoms with Crippen LogP contribution in [0.15, 0.2) is 54.6 Å². The maximum atomic E-state index is 12.0. The van der Waals surface area contributed by atoms with Gasteiger partial charge in [-0.15, -0.1) is 0 Å². The van der Waals surface area contributed by atoms with Gasteiger partial charge in [-0.05, 0) is 25.1 Å². The molecule has 0 aliphatic heterocycles. The Morgan fingerprint density at radius 1 is 1.09 bits per heavy atom. The lowest BCUT2D eigenvalue weighted by Crippen LogP contribution is -2.30. The second kappa shape index (κ2) is 7.17. The lowest BCUT2D eigenvalue weighted by Gasteiger charge is -2.13. The summed E-state index contributed by atoms with van der Waals surface area (Å²) in [5.74, 6) is -1.45. The maximum absolute atomic E-state index is 12.0. The van der Waals surface area contributed by atoms with Crippen LogP contribution in [-0.2, 0) is 9.53 Å². The molecule has 0 aliphatic rings. The van der Waals surface area contributed by atoms with Crippen molar-refractivity contribution < 1.29 is 19.2 Å². The number of nitrogens with zero attached hydrogens (tertiary/aromatic N) is 1. The van der Waals surface area contributed by atoms with Gasteiger partial charge in [0.25, 0.3) is 11.6 Å². The van der Waals surface area contributed by atoms with E-state index in [1.54, 1.807) is 30.3 Å². The molecule has 1 atom stereocenters. The minimum atomic E-state index is -1.09. The fourth-order valence-corrected chi connectivity index (χ4v) is 1.85. The van der Waals surface area contributed by atoms with Crippen LogP contribution in [0, 0.1) is 10.1 Å². The number of esters is 1. The fraction of sp³-hybridized carbons (Fsp3) is 0.125. The van der Waals surface area contributed by atoms with Crippen LogP contribution in [0.3, 0.4) is 0 Å². The molecule has 1 unspecified atom stereocenters. The van der Waals surface area contributed by atoms with Gasteiger partial charge < -0.3 is 10.1 Å². The minimum absolute atomic E-state index is 0.197. The lowest BCUT2D eigenvalue weighted by molar-refractivity contribution is -0.385. The third-order valence-electron chi connectivity index (χ3n) is 3.02. The summed E-state index contributed by atoms with van der Waals surface area (Å²) in [6.45, 7) is 1.39. The van der Waals surface area contributed by atoms with Crippen molar-refractivity contribution in [3.8, 4) is 0 Å². The van der Waals surface area contributed by atoms with E-state index in [-0.39, 0.29) is 11.3 Å². The molecule has 0 heterocycles. The molecule has 1 amide bonds. The van der Waals surface area contributed by atoms with Gasteiger partial charge >= 0.3 is 5.97 Å². The van der Waals surface area contributed by atoms with E-state index in [2.05, 4.69) is 5.32 Å². The first-order valence-corrected chi connectivity index (χ1v) is 6.79. The van der Waals surface area contributed by atoms with E-state index >= 15 is 0 Å². The molecule has 0 saturated heterocycles. The van der Waals surface area contributed by atoms with Gasteiger partial charge in [0, 0.05) is 11.8 Å². The number of amides is 1. The average molecular weight is 314 g/mol. The van der Waals surface area contributed by atoms with Gasteiger partial charge in [-0.2, -0.15) is 0 Å². The van der Waals surface area contributed by atoms with E-state index in [1.807, 2.05) is 0 Å². The molecule has 0 aliphatic carbocycles. The van der Waals surface area contributed by atoms with Crippen LogP contribution in [0.4, 0.5) is 11.4 Å². The maximum Gasteiger partial charge on any atom is 0.345 e. The molecule has 0 spiro atoms. The first kappa shape index (κ1) is 16.2. The van der Waals surface area contributed by atoms with Crippen molar-refractivity contribution in [3.63, 3.8) is 0 Å². The predicted octanol–water partition coefficient (Wildman–Crippen LogP) is 2.78. The van der Waals surface area contributed by atoms with Crippen molar-refractivity contribution >= 4 is 23.3 Å². The van der Waals surface area contributed by atoms with Crippen molar-refractivity contribution in [1.82, 2.24) is 0 Å². The summed E-state index contributed by atoms with van der Waals surface area (Å²) in [7, 11) is 0. The van der Waals surface area contributed by atoms with Crippen molar-refractivity contribution in [2.75, 3.05) is 5.32 Å². The second-order valence-corrected chi connectivity index (χ2v) is 4.68. The zero-order valence-electron chi connectivity index (χ0n) is 12.3. The smallest absolute Gasteiger partial charge is 0.345 e. The molecular formula is C16H14N2O5. The highest BCUT2D eigenvalue weighted by molar-refractivity contribution is 5.98. The zero-order chi connectivity index (χ0) is 16.8. The van der Waals surface area contributed by atoms with E-state index in [9.17, 15) is 19.7 Å². The molecule has 7 nitrogen and oxygen atoms in total. The third-order valence-corrected chi connectivity index (χ3v) is 3.02.